The fraction of sp³-hybridized carbons (Fsp3) is 0.455. The van der Waals surface area contributed by atoms with Crippen LogP contribution in [0.3, 0.4) is 0 Å². The Hall–Kier alpha value is 0.01000. The summed E-state index contributed by atoms with van der Waals surface area (Å²) in [7, 11) is 0. The van der Waals surface area contributed by atoms with Crippen LogP contribution in [0, 0.1) is 0 Å². The van der Waals surface area contributed by atoms with E-state index < -0.39 is 0 Å². The Morgan fingerprint density at radius 1 is 1.50 bits per heavy atom. The van der Waals surface area contributed by atoms with Crippen LogP contribution in [0.2, 0.25) is 0 Å². The van der Waals surface area contributed by atoms with Crippen molar-refractivity contribution in [2.24, 2.45) is 5.73 Å². The molecule has 1 aromatic rings. The topological polar surface area (TPSA) is 26.0 Å². The lowest BCUT2D eigenvalue weighted by molar-refractivity contribution is 0.725. The van der Waals surface area contributed by atoms with E-state index in [2.05, 4.69) is 41.1 Å². The predicted molar refractivity (Wildman–Crippen MR) is 68.6 cm³/mol. The van der Waals surface area contributed by atoms with E-state index in [9.17, 15) is 0 Å². The van der Waals surface area contributed by atoms with Crippen LogP contribution >= 0.6 is 27.7 Å². The Balaban J connectivity index is 2.31. The Kier molecular flexibility index (Phi) is 5.60. The highest BCUT2D eigenvalue weighted by atomic mass is 79.9. The van der Waals surface area contributed by atoms with Gasteiger partial charge in [0.15, 0.2) is 0 Å². The van der Waals surface area contributed by atoms with E-state index in [0.717, 1.165) is 22.4 Å². The number of rotatable bonds is 5. The second kappa shape index (κ2) is 6.49. The number of thioether (sulfide) groups is 1. The fourth-order valence-electron chi connectivity index (χ4n) is 1.07. The van der Waals surface area contributed by atoms with Crippen LogP contribution < -0.4 is 5.73 Å². The molecule has 0 heterocycles. The molecule has 0 aliphatic rings. The van der Waals surface area contributed by atoms with E-state index in [1.54, 1.807) is 0 Å². The zero-order chi connectivity index (χ0) is 10.4. The van der Waals surface area contributed by atoms with Gasteiger partial charge in [0, 0.05) is 22.0 Å². The monoisotopic (exact) mass is 273 g/mol. The molecule has 0 aromatic heterocycles. The third-order valence-corrected chi connectivity index (χ3v) is 3.71. The average molecular weight is 274 g/mol. The van der Waals surface area contributed by atoms with Gasteiger partial charge in [-0.25, -0.2) is 0 Å². The molecule has 0 saturated carbocycles. The molecule has 0 amide bonds. The number of hydrogen-bond acceptors (Lipinski definition) is 2. The molecule has 3 heteroatoms. The predicted octanol–water partition coefficient (Wildman–Crippen LogP) is 3.42. The molecular weight excluding hydrogens is 258 g/mol. The smallest absolute Gasteiger partial charge is 0.0185 e. The number of nitrogens with two attached hydrogens (primary N) is 1. The molecule has 1 atom stereocenters. The van der Waals surface area contributed by atoms with Gasteiger partial charge in [0.05, 0.1) is 0 Å². The van der Waals surface area contributed by atoms with E-state index in [4.69, 9.17) is 5.73 Å². The SMILES string of the molecule is CCC(N)CSCc1cccc(Br)c1. The van der Waals surface area contributed by atoms with Crippen LogP contribution in [0.1, 0.15) is 18.9 Å². The van der Waals surface area contributed by atoms with Crippen LogP contribution in [-0.4, -0.2) is 11.8 Å². The van der Waals surface area contributed by atoms with Crippen LogP contribution in [0.5, 0.6) is 0 Å². The summed E-state index contributed by atoms with van der Waals surface area (Å²) < 4.78 is 1.15. The van der Waals surface area contributed by atoms with Gasteiger partial charge in [0.1, 0.15) is 0 Å². The van der Waals surface area contributed by atoms with E-state index in [0.29, 0.717) is 6.04 Å². The molecule has 0 saturated heterocycles. The molecule has 1 aromatic carbocycles. The van der Waals surface area contributed by atoms with Crippen molar-refractivity contribution in [1.29, 1.82) is 0 Å². The minimum atomic E-state index is 0.340. The highest BCUT2D eigenvalue weighted by Gasteiger charge is 1.99. The maximum Gasteiger partial charge on any atom is 0.0185 e. The van der Waals surface area contributed by atoms with Gasteiger partial charge in [-0.05, 0) is 24.1 Å². The zero-order valence-corrected chi connectivity index (χ0v) is 10.8. The lowest BCUT2D eigenvalue weighted by Crippen LogP contribution is -2.21. The summed E-state index contributed by atoms with van der Waals surface area (Å²) in [5.41, 5.74) is 7.19. The molecular formula is C11H16BrNS. The molecule has 1 nitrogen and oxygen atoms in total. The minimum Gasteiger partial charge on any atom is -0.327 e. The maximum absolute atomic E-state index is 5.84. The molecule has 1 unspecified atom stereocenters. The van der Waals surface area contributed by atoms with Gasteiger partial charge in [-0.3, -0.25) is 0 Å². The second-order valence-corrected chi connectivity index (χ2v) is 5.26. The summed E-state index contributed by atoms with van der Waals surface area (Å²) in [6.45, 7) is 2.13. The van der Waals surface area contributed by atoms with Gasteiger partial charge in [0.25, 0.3) is 0 Å². The summed E-state index contributed by atoms with van der Waals surface area (Å²) in [6.07, 6.45) is 1.06. The summed E-state index contributed by atoms with van der Waals surface area (Å²) in [4.78, 5) is 0. The van der Waals surface area contributed by atoms with Crippen molar-refractivity contribution < 1.29 is 0 Å². The van der Waals surface area contributed by atoms with Crippen LogP contribution in [0.25, 0.3) is 0 Å². The first-order chi connectivity index (χ1) is 6.72. The van der Waals surface area contributed by atoms with Gasteiger partial charge in [-0.2, -0.15) is 11.8 Å². The van der Waals surface area contributed by atoms with E-state index in [1.807, 2.05) is 17.8 Å². The fourth-order valence-corrected chi connectivity index (χ4v) is 2.59. The molecule has 0 aliphatic carbocycles. The quantitative estimate of drug-likeness (QED) is 0.890. The van der Waals surface area contributed by atoms with Gasteiger partial charge < -0.3 is 5.73 Å². The van der Waals surface area contributed by atoms with Crippen molar-refractivity contribution in [1.82, 2.24) is 0 Å². The number of benzene rings is 1. The Morgan fingerprint density at radius 3 is 2.93 bits per heavy atom. The third kappa shape index (κ3) is 4.49. The summed E-state index contributed by atoms with van der Waals surface area (Å²) in [5.74, 6) is 2.09. The Morgan fingerprint density at radius 2 is 2.29 bits per heavy atom. The summed E-state index contributed by atoms with van der Waals surface area (Å²) in [6, 6.07) is 8.76. The van der Waals surface area contributed by atoms with E-state index >= 15 is 0 Å². The standard InChI is InChI=1S/C11H16BrNS/c1-2-11(13)8-14-7-9-4-3-5-10(12)6-9/h3-6,11H,2,7-8,13H2,1H3. The van der Waals surface area contributed by atoms with Gasteiger partial charge in [-0.15, -0.1) is 0 Å². The van der Waals surface area contributed by atoms with Gasteiger partial charge in [0.2, 0.25) is 0 Å². The molecule has 1 rings (SSSR count). The number of hydrogen-bond donors (Lipinski definition) is 1. The van der Waals surface area contributed by atoms with Crippen molar-refractivity contribution in [2.45, 2.75) is 25.1 Å². The molecule has 0 aliphatic heterocycles. The lowest BCUT2D eigenvalue weighted by Gasteiger charge is -2.07. The van der Waals surface area contributed by atoms with Crippen molar-refractivity contribution in [3.63, 3.8) is 0 Å². The lowest BCUT2D eigenvalue weighted by atomic mass is 10.2. The maximum atomic E-state index is 5.84. The first-order valence-corrected chi connectivity index (χ1v) is 6.75. The highest BCUT2D eigenvalue weighted by molar-refractivity contribution is 9.10. The Bertz CT molecular complexity index is 278. The first-order valence-electron chi connectivity index (χ1n) is 4.80. The van der Waals surface area contributed by atoms with Crippen LogP contribution in [-0.2, 0) is 5.75 Å². The molecule has 0 spiro atoms. The zero-order valence-electron chi connectivity index (χ0n) is 8.37. The molecule has 14 heavy (non-hydrogen) atoms. The van der Waals surface area contributed by atoms with Crippen LogP contribution in [0.4, 0.5) is 0 Å². The summed E-state index contributed by atoms with van der Waals surface area (Å²) >= 11 is 5.36. The van der Waals surface area contributed by atoms with Gasteiger partial charge in [-0.1, -0.05) is 35.0 Å². The first kappa shape index (κ1) is 12.1. The van der Waals surface area contributed by atoms with Gasteiger partial charge >= 0.3 is 0 Å². The van der Waals surface area contributed by atoms with E-state index in [1.165, 1.54) is 5.56 Å². The van der Waals surface area contributed by atoms with Crippen molar-refractivity contribution in [3.05, 3.63) is 34.3 Å². The average Bonchev–Trinajstić information content (AvgIpc) is 2.17. The third-order valence-electron chi connectivity index (χ3n) is 2.01. The molecule has 2 N–H and O–H groups in total. The second-order valence-electron chi connectivity index (χ2n) is 3.31. The molecule has 0 radical (unpaired) electrons. The summed E-state index contributed by atoms with van der Waals surface area (Å²) in [5, 5.41) is 0. The van der Waals surface area contributed by atoms with Crippen molar-refractivity contribution in [2.75, 3.05) is 5.75 Å². The normalized spacial score (nSPS) is 12.8. The molecule has 0 fully saturated rings. The molecule has 78 valence electrons. The highest BCUT2D eigenvalue weighted by Crippen LogP contribution is 2.17. The van der Waals surface area contributed by atoms with Crippen molar-refractivity contribution >= 4 is 27.7 Å². The molecule has 0 bridgehead atoms. The van der Waals surface area contributed by atoms with E-state index in [-0.39, 0.29) is 0 Å². The van der Waals surface area contributed by atoms with Crippen molar-refractivity contribution in [3.8, 4) is 0 Å². The largest absolute Gasteiger partial charge is 0.327 e. The van der Waals surface area contributed by atoms with Crippen LogP contribution in [0.15, 0.2) is 28.7 Å². The number of halogens is 1. The minimum absolute atomic E-state index is 0.340. The Labute approximate surface area is 98.6 Å².